The molecule has 0 bridgehead atoms. The second-order valence-corrected chi connectivity index (χ2v) is 9.27. The van der Waals surface area contributed by atoms with E-state index in [0.29, 0.717) is 13.1 Å². The largest absolute Gasteiger partial charge is 0.297 e. The van der Waals surface area contributed by atoms with Gasteiger partial charge in [-0.15, -0.1) is 0 Å². The smallest absolute Gasteiger partial charge is 0.218 e. The highest BCUT2D eigenvalue weighted by atomic mass is 32.2. The summed E-state index contributed by atoms with van der Waals surface area (Å²) in [6, 6.07) is 9.40. The first-order chi connectivity index (χ1) is 12.5. The molecular weight excluding hydrogens is 348 g/mol. The standard InChI is InChI=1S/C19H26N4O2S/c1-21-19-14-23(26(24,25)15-16-7-3-2-4-8-16)12-9-17(19)18(20-21)13-22-10-5-6-11-22/h2-4,7-8H,5-6,9-15H2,1H3. The van der Waals surface area contributed by atoms with E-state index in [0.717, 1.165) is 43.0 Å². The van der Waals surface area contributed by atoms with Gasteiger partial charge in [0.2, 0.25) is 10.0 Å². The summed E-state index contributed by atoms with van der Waals surface area (Å²) in [5.41, 5.74) is 4.26. The molecule has 2 aliphatic rings. The van der Waals surface area contributed by atoms with Crippen molar-refractivity contribution in [2.24, 2.45) is 7.05 Å². The van der Waals surface area contributed by atoms with Crippen LogP contribution in [0.3, 0.4) is 0 Å². The first kappa shape index (κ1) is 17.7. The van der Waals surface area contributed by atoms with Crippen LogP contribution >= 0.6 is 0 Å². The van der Waals surface area contributed by atoms with E-state index < -0.39 is 10.0 Å². The van der Waals surface area contributed by atoms with Crippen LogP contribution in [0.5, 0.6) is 0 Å². The molecule has 0 spiro atoms. The van der Waals surface area contributed by atoms with Crippen molar-refractivity contribution in [2.45, 2.75) is 38.1 Å². The molecule has 0 saturated carbocycles. The van der Waals surface area contributed by atoms with E-state index in [1.807, 2.05) is 42.1 Å². The highest BCUT2D eigenvalue weighted by Gasteiger charge is 2.31. The molecule has 2 aliphatic heterocycles. The van der Waals surface area contributed by atoms with Crippen LogP contribution < -0.4 is 0 Å². The van der Waals surface area contributed by atoms with Crippen LogP contribution in [0.25, 0.3) is 0 Å². The molecule has 1 aromatic carbocycles. The van der Waals surface area contributed by atoms with Gasteiger partial charge in [-0.05, 0) is 37.9 Å². The zero-order chi connectivity index (χ0) is 18.1. The van der Waals surface area contributed by atoms with Crippen molar-refractivity contribution in [3.63, 3.8) is 0 Å². The summed E-state index contributed by atoms with van der Waals surface area (Å²) in [5, 5.41) is 4.71. The maximum Gasteiger partial charge on any atom is 0.218 e. The van der Waals surface area contributed by atoms with Crippen LogP contribution in [0, 0.1) is 0 Å². The molecule has 0 unspecified atom stereocenters. The molecule has 0 aliphatic carbocycles. The number of benzene rings is 1. The number of aromatic nitrogens is 2. The Kier molecular flexibility index (Phi) is 4.86. The summed E-state index contributed by atoms with van der Waals surface area (Å²) in [7, 11) is -1.40. The predicted molar refractivity (Wildman–Crippen MR) is 101 cm³/mol. The molecule has 1 saturated heterocycles. The molecule has 1 aromatic heterocycles. The molecule has 0 atom stereocenters. The molecule has 4 rings (SSSR count). The maximum atomic E-state index is 12.8. The van der Waals surface area contributed by atoms with Gasteiger partial charge in [0.1, 0.15) is 0 Å². The average Bonchev–Trinajstić information content (AvgIpc) is 3.24. The number of likely N-dealkylation sites (tertiary alicyclic amines) is 1. The molecule has 26 heavy (non-hydrogen) atoms. The zero-order valence-electron chi connectivity index (χ0n) is 15.3. The molecule has 1 fully saturated rings. The molecule has 3 heterocycles. The summed E-state index contributed by atoms with van der Waals surface area (Å²) >= 11 is 0. The molecule has 0 amide bonds. The highest BCUT2D eigenvalue weighted by Crippen LogP contribution is 2.26. The normalized spacial score (nSPS) is 19.0. The van der Waals surface area contributed by atoms with Crippen molar-refractivity contribution < 1.29 is 8.42 Å². The molecule has 0 radical (unpaired) electrons. The molecule has 7 heteroatoms. The van der Waals surface area contributed by atoms with Gasteiger partial charge in [-0.3, -0.25) is 9.58 Å². The van der Waals surface area contributed by atoms with Gasteiger partial charge in [-0.2, -0.15) is 9.40 Å². The summed E-state index contributed by atoms with van der Waals surface area (Å²) in [4.78, 5) is 2.45. The van der Waals surface area contributed by atoms with Crippen LogP contribution in [0.4, 0.5) is 0 Å². The van der Waals surface area contributed by atoms with Crippen molar-refractivity contribution >= 4 is 10.0 Å². The first-order valence-electron chi connectivity index (χ1n) is 9.31. The lowest BCUT2D eigenvalue weighted by atomic mass is 10.1. The Hall–Kier alpha value is -1.70. The second kappa shape index (κ2) is 7.13. The van der Waals surface area contributed by atoms with Crippen LogP contribution in [0.1, 0.15) is 35.4 Å². The topological polar surface area (TPSA) is 58.4 Å². The van der Waals surface area contributed by atoms with Crippen LogP contribution in [-0.2, 0) is 42.3 Å². The Balaban J connectivity index is 1.51. The quantitative estimate of drug-likeness (QED) is 0.802. The number of sulfonamides is 1. The predicted octanol–water partition coefficient (Wildman–Crippen LogP) is 1.90. The van der Waals surface area contributed by atoms with E-state index >= 15 is 0 Å². The number of hydrogen-bond donors (Lipinski definition) is 0. The number of rotatable bonds is 5. The van der Waals surface area contributed by atoms with Gasteiger partial charge in [-0.25, -0.2) is 8.42 Å². The first-order valence-corrected chi connectivity index (χ1v) is 10.9. The van der Waals surface area contributed by atoms with E-state index in [2.05, 4.69) is 4.90 Å². The van der Waals surface area contributed by atoms with Gasteiger partial charge in [0.15, 0.2) is 0 Å². The summed E-state index contributed by atoms with van der Waals surface area (Å²) < 4.78 is 29.2. The number of nitrogens with zero attached hydrogens (tertiary/aromatic N) is 4. The Bertz CT molecular complexity index is 870. The number of hydrogen-bond acceptors (Lipinski definition) is 4. The van der Waals surface area contributed by atoms with Gasteiger partial charge in [0, 0.05) is 25.7 Å². The third-order valence-corrected chi connectivity index (χ3v) is 7.25. The van der Waals surface area contributed by atoms with Gasteiger partial charge >= 0.3 is 0 Å². The van der Waals surface area contributed by atoms with E-state index in [9.17, 15) is 8.42 Å². The molecule has 2 aromatic rings. The average molecular weight is 375 g/mol. The molecule has 6 nitrogen and oxygen atoms in total. The van der Waals surface area contributed by atoms with Crippen LogP contribution in [0.2, 0.25) is 0 Å². The lowest BCUT2D eigenvalue weighted by molar-refractivity contribution is 0.324. The third kappa shape index (κ3) is 3.56. The fraction of sp³-hybridized carbons (Fsp3) is 0.526. The Labute approximate surface area is 155 Å². The fourth-order valence-corrected chi connectivity index (χ4v) is 5.51. The summed E-state index contributed by atoms with van der Waals surface area (Å²) in [6.07, 6.45) is 3.28. The maximum absolute atomic E-state index is 12.8. The lowest BCUT2D eigenvalue weighted by Gasteiger charge is -2.27. The van der Waals surface area contributed by atoms with Crippen molar-refractivity contribution in [1.82, 2.24) is 19.0 Å². The number of fused-ring (bicyclic) bond motifs is 1. The Morgan fingerprint density at radius 1 is 1.08 bits per heavy atom. The minimum Gasteiger partial charge on any atom is -0.297 e. The monoisotopic (exact) mass is 374 g/mol. The van der Waals surface area contributed by atoms with Crippen LogP contribution in [-0.4, -0.2) is 47.0 Å². The zero-order valence-corrected chi connectivity index (χ0v) is 16.1. The fourth-order valence-electron chi connectivity index (χ4n) is 4.03. The van der Waals surface area contributed by atoms with Gasteiger partial charge in [0.25, 0.3) is 0 Å². The van der Waals surface area contributed by atoms with Gasteiger partial charge in [0.05, 0.1) is 23.7 Å². The van der Waals surface area contributed by atoms with Gasteiger partial charge < -0.3 is 0 Å². The Morgan fingerprint density at radius 2 is 1.81 bits per heavy atom. The van der Waals surface area contributed by atoms with E-state index in [1.165, 1.54) is 18.4 Å². The lowest BCUT2D eigenvalue weighted by Crippen LogP contribution is -2.37. The Morgan fingerprint density at radius 3 is 2.54 bits per heavy atom. The molecular formula is C19H26N4O2S. The third-order valence-electron chi connectivity index (χ3n) is 5.45. The minimum atomic E-state index is -3.33. The minimum absolute atomic E-state index is 0.0572. The molecule has 140 valence electrons. The van der Waals surface area contributed by atoms with Crippen LogP contribution in [0.15, 0.2) is 30.3 Å². The second-order valence-electron chi connectivity index (χ2n) is 7.30. The SMILES string of the molecule is Cn1nc(CN2CCCC2)c2c1CN(S(=O)(=O)Cc1ccccc1)CC2. The van der Waals surface area contributed by atoms with E-state index in [-0.39, 0.29) is 5.75 Å². The van der Waals surface area contributed by atoms with Crippen molar-refractivity contribution in [1.29, 1.82) is 0 Å². The van der Waals surface area contributed by atoms with E-state index in [1.54, 1.807) is 4.31 Å². The summed E-state index contributed by atoms with van der Waals surface area (Å²) in [5.74, 6) is 0.0572. The van der Waals surface area contributed by atoms with Crippen molar-refractivity contribution in [3.8, 4) is 0 Å². The van der Waals surface area contributed by atoms with Gasteiger partial charge in [-0.1, -0.05) is 30.3 Å². The van der Waals surface area contributed by atoms with E-state index in [4.69, 9.17) is 5.10 Å². The highest BCUT2D eigenvalue weighted by molar-refractivity contribution is 7.88. The summed E-state index contributed by atoms with van der Waals surface area (Å²) in [6.45, 7) is 4.14. The van der Waals surface area contributed by atoms with Crippen molar-refractivity contribution in [2.75, 3.05) is 19.6 Å². The van der Waals surface area contributed by atoms with Crippen molar-refractivity contribution in [3.05, 3.63) is 52.8 Å². The number of aryl methyl sites for hydroxylation is 1. The molecule has 0 N–H and O–H groups in total.